The van der Waals surface area contributed by atoms with E-state index in [2.05, 4.69) is 25.1 Å². The molecular weight excluding hydrogens is 188 g/mol. The Kier molecular flexibility index (Phi) is 3.05. The molecule has 1 aromatic rings. The Labute approximate surface area is 90.3 Å². The zero-order chi connectivity index (χ0) is 10.7. The van der Waals surface area contributed by atoms with Gasteiger partial charge in [-0.1, -0.05) is 19.1 Å². The Morgan fingerprint density at radius 3 is 3.20 bits per heavy atom. The topological polar surface area (TPSA) is 26.3 Å². The van der Waals surface area contributed by atoms with Crippen molar-refractivity contribution in [3.8, 4) is 5.75 Å². The SMILES string of the molecule is CC(CC=O)c1ccc2c(c1)OCCC2. The number of aryl methyl sites for hydroxylation is 1. The molecule has 1 aliphatic heterocycles. The summed E-state index contributed by atoms with van der Waals surface area (Å²) in [6.07, 6.45) is 3.78. The van der Waals surface area contributed by atoms with E-state index in [0.29, 0.717) is 12.3 Å². The summed E-state index contributed by atoms with van der Waals surface area (Å²) in [5.74, 6) is 1.30. The van der Waals surface area contributed by atoms with E-state index in [-0.39, 0.29) is 0 Å². The van der Waals surface area contributed by atoms with Crippen molar-refractivity contribution in [2.24, 2.45) is 0 Å². The summed E-state index contributed by atoms with van der Waals surface area (Å²) in [5, 5.41) is 0. The fourth-order valence-corrected chi connectivity index (χ4v) is 1.94. The second kappa shape index (κ2) is 4.47. The number of hydrogen-bond acceptors (Lipinski definition) is 2. The van der Waals surface area contributed by atoms with E-state index in [1.165, 1.54) is 11.1 Å². The number of aldehydes is 1. The van der Waals surface area contributed by atoms with E-state index in [1.807, 2.05) is 0 Å². The molecule has 80 valence electrons. The highest BCUT2D eigenvalue weighted by molar-refractivity contribution is 5.52. The second-order valence-electron chi connectivity index (χ2n) is 4.12. The molecule has 0 aliphatic carbocycles. The van der Waals surface area contributed by atoms with Gasteiger partial charge in [0.2, 0.25) is 0 Å². The highest BCUT2D eigenvalue weighted by Gasteiger charge is 2.12. The van der Waals surface area contributed by atoms with Crippen LogP contribution in [0.25, 0.3) is 0 Å². The summed E-state index contributed by atoms with van der Waals surface area (Å²) in [4.78, 5) is 10.4. The number of benzene rings is 1. The van der Waals surface area contributed by atoms with Crippen molar-refractivity contribution >= 4 is 6.29 Å². The molecule has 2 nitrogen and oxygen atoms in total. The van der Waals surface area contributed by atoms with E-state index >= 15 is 0 Å². The van der Waals surface area contributed by atoms with Gasteiger partial charge in [0.25, 0.3) is 0 Å². The molecular formula is C13H16O2. The van der Waals surface area contributed by atoms with Crippen LogP contribution in [-0.4, -0.2) is 12.9 Å². The lowest BCUT2D eigenvalue weighted by atomic mass is 9.95. The number of hydrogen-bond donors (Lipinski definition) is 0. The van der Waals surface area contributed by atoms with E-state index in [0.717, 1.165) is 31.5 Å². The molecule has 0 saturated heterocycles. The van der Waals surface area contributed by atoms with Gasteiger partial charge in [0, 0.05) is 6.42 Å². The first kappa shape index (κ1) is 10.2. The van der Waals surface area contributed by atoms with Crippen LogP contribution in [0.2, 0.25) is 0 Å². The van der Waals surface area contributed by atoms with Crippen LogP contribution in [-0.2, 0) is 11.2 Å². The van der Waals surface area contributed by atoms with Gasteiger partial charge in [0.1, 0.15) is 12.0 Å². The maximum atomic E-state index is 10.4. The second-order valence-corrected chi connectivity index (χ2v) is 4.12. The molecule has 0 bridgehead atoms. The summed E-state index contributed by atoms with van der Waals surface area (Å²) in [5.41, 5.74) is 2.49. The standard InChI is InChI=1S/C13H16O2/c1-10(6-7-14)12-5-4-11-3-2-8-15-13(11)9-12/h4-5,7,9-10H,2-3,6,8H2,1H3. The zero-order valence-electron chi connectivity index (χ0n) is 9.03. The first-order valence-corrected chi connectivity index (χ1v) is 5.50. The highest BCUT2D eigenvalue weighted by atomic mass is 16.5. The molecule has 0 fully saturated rings. The van der Waals surface area contributed by atoms with Gasteiger partial charge < -0.3 is 9.53 Å². The summed E-state index contributed by atoms with van der Waals surface area (Å²) in [6, 6.07) is 6.33. The number of carbonyl (C=O) groups is 1. The van der Waals surface area contributed by atoms with Crippen molar-refractivity contribution in [2.75, 3.05) is 6.61 Å². The van der Waals surface area contributed by atoms with Crippen LogP contribution in [0.1, 0.15) is 36.8 Å². The van der Waals surface area contributed by atoms with E-state index < -0.39 is 0 Å². The molecule has 1 aliphatic rings. The van der Waals surface area contributed by atoms with Crippen molar-refractivity contribution in [3.63, 3.8) is 0 Å². The van der Waals surface area contributed by atoms with Crippen molar-refractivity contribution in [1.29, 1.82) is 0 Å². The van der Waals surface area contributed by atoms with Gasteiger partial charge in [-0.15, -0.1) is 0 Å². The molecule has 2 heteroatoms. The summed E-state index contributed by atoms with van der Waals surface area (Å²) in [7, 11) is 0. The fraction of sp³-hybridized carbons (Fsp3) is 0.462. The number of carbonyl (C=O) groups excluding carboxylic acids is 1. The lowest BCUT2D eigenvalue weighted by Crippen LogP contribution is -2.09. The lowest BCUT2D eigenvalue weighted by Gasteiger charge is -2.19. The molecule has 0 saturated carbocycles. The van der Waals surface area contributed by atoms with E-state index in [9.17, 15) is 4.79 Å². The average Bonchev–Trinajstić information content (AvgIpc) is 2.29. The van der Waals surface area contributed by atoms with Crippen molar-refractivity contribution in [1.82, 2.24) is 0 Å². The van der Waals surface area contributed by atoms with E-state index in [1.54, 1.807) is 0 Å². The largest absolute Gasteiger partial charge is 0.493 e. The van der Waals surface area contributed by atoms with Gasteiger partial charge in [0.15, 0.2) is 0 Å². The van der Waals surface area contributed by atoms with Gasteiger partial charge in [-0.3, -0.25) is 0 Å². The Morgan fingerprint density at radius 1 is 1.53 bits per heavy atom. The van der Waals surface area contributed by atoms with Crippen LogP contribution in [0.15, 0.2) is 18.2 Å². The van der Waals surface area contributed by atoms with Gasteiger partial charge in [0.05, 0.1) is 6.61 Å². The molecule has 1 atom stereocenters. The number of rotatable bonds is 3. The van der Waals surface area contributed by atoms with Crippen LogP contribution in [0, 0.1) is 0 Å². The maximum absolute atomic E-state index is 10.4. The first-order chi connectivity index (χ1) is 7.31. The fourth-order valence-electron chi connectivity index (χ4n) is 1.94. The normalized spacial score (nSPS) is 16.3. The summed E-state index contributed by atoms with van der Waals surface area (Å²) >= 11 is 0. The minimum atomic E-state index is 0.290. The molecule has 0 radical (unpaired) electrons. The number of ether oxygens (including phenoxy) is 1. The molecule has 1 aromatic carbocycles. The quantitative estimate of drug-likeness (QED) is 0.707. The molecule has 2 rings (SSSR count). The average molecular weight is 204 g/mol. The van der Waals surface area contributed by atoms with Crippen LogP contribution < -0.4 is 4.74 Å². The monoisotopic (exact) mass is 204 g/mol. The van der Waals surface area contributed by atoms with Crippen molar-refractivity contribution < 1.29 is 9.53 Å². The number of fused-ring (bicyclic) bond motifs is 1. The molecule has 0 aromatic heterocycles. The summed E-state index contributed by atoms with van der Waals surface area (Å²) < 4.78 is 5.60. The Hall–Kier alpha value is -1.31. The third kappa shape index (κ3) is 2.20. The third-order valence-corrected chi connectivity index (χ3v) is 2.96. The minimum Gasteiger partial charge on any atom is -0.493 e. The van der Waals surface area contributed by atoms with Gasteiger partial charge in [-0.25, -0.2) is 0 Å². The van der Waals surface area contributed by atoms with Crippen LogP contribution in [0.3, 0.4) is 0 Å². The molecule has 0 spiro atoms. The lowest BCUT2D eigenvalue weighted by molar-refractivity contribution is -0.108. The minimum absolute atomic E-state index is 0.290. The Bertz CT molecular complexity index is 358. The van der Waals surface area contributed by atoms with Crippen molar-refractivity contribution in [3.05, 3.63) is 29.3 Å². The van der Waals surface area contributed by atoms with Gasteiger partial charge >= 0.3 is 0 Å². The Balaban J connectivity index is 2.23. The predicted molar refractivity (Wildman–Crippen MR) is 59.4 cm³/mol. The molecule has 0 amide bonds. The van der Waals surface area contributed by atoms with Crippen molar-refractivity contribution in [2.45, 2.75) is 32.1 Å². The van der Waals surface area contributed by atoms with E-state index in [4.69, 9.17) is 4.74 Å². The van der Waals surface area contributed by atoms with Crippen LogP contribution >= 0.6 is 0 Å². The van der Waals surface area contributed by atoms with Crippen LogP contribution in [0.5, 0.6) is 5.75 Å². The zero-order valence-corrected chi connectivity index (χ0v) is 9.03. The highest BCUT2D eigenvalue weighted by Crippen LogP contribution is 2.29. The molecule has 1 unspecified atom stereocenters. The van der Waals surface area contributed by atoms with Gasteiger partial charge in [-0.05, 0) is 36.0 Å². The molecule has 15 heavy (non-hydrogen) atoms. The Morgan fingerprint density at radius 2 is 2.40 bits per heavy atom. The summed E-state index contributed by atoms with van der Waals surface area (Å²) in [6.45, 7) is 2.89. The maximum Gasteiger partial charge on any atom is 0.122 e. The predicted octanol–water partition coefficient (Wildman–Crippen LogP) is 2.70. The molecule has 1 heterocycles. The molecule has 0 N–H and O–H groups in total. The van der Waals surface area contributed by atoms with Gasteiger partial charge in [-0.2, -0.15) is 0 Å². The van der Waals surface area contributed by atoms with Crippen LogP contribution in [0.4, 0.5) is 0 Å². The first-order valence-electron chi connectivity index (χ1n) is 5.50. The third-order valence-electron chi connectivity index (χ3n) is 2.96. The smallest absolute Gasteiger partial charge is 0.122 e.